The average Bonchev–Trinajstić information content (AvgIpc) is 2.47. The van der Waals surface area contributed by atoms with Crippen LogP contribution in [0.15, 0.2) is 47.4 Å². The van der Waals surface area contributed by atoms with Gasteiger partial charge in [0.1, 0.15) is 11.4 Å². The number of hydrogen-bond donors (Lipinski definition) is 0. The van der Waals surface area contributed by atoms with Crippen molar-refractivity contribution in [1.82, 2.24) is 0 Å². The van der Waals surface area contributed by atoms with Crippen LogP contribution in [0.2, 0.25) is 15.1 Å². The molecule has 122 valence electrons. The van der Waals surface area contributed by atoms with Gasteiger partial charge in [0.25, 0.3) is 10.0 Å². The molecule has 23 heavy (non-hydrogen) atoms. The van der Waals surface area contributed by atoms with Crippen LogP contribution in [0.4, 0.5) is 5.69 Å². The van der Waals surface area contributed by atoms with E-state index < -0.39 is 21.8 Å². The Morgan fingerprint density at radius 3 is 2.26 bits per heavy atom. The number of nitrogens with zero attached hydrogens (tertiary/aromatic N) is 1. The number of carbonyl (C=O) groups is 1. The van der Waals surface area contributed by atoms with E-state index in [4.69, 9.17) is 46.4 Å². The molecule has 0 amide bonds. The number of carbonyl (C=O) groups excluding carboxylic acids is 1. The Hall–Kier alpha value is -0.980. The smallest absolute Gasteiger partial charge is 0.266 e. The van der Waals surface area contributed by atoms with Gasteiger partial charge in [0.15, 0.2) is 0 Å². The van der Waals surface area contributed by atoms with Crippen molar-refractivity contribution in [3.63, 3.8) is 0 Å². The van der Waals surface area contributed by atoms with Crippen LogP contribution in [0.3, 0.4) is 0 Å². The van der Waals surface area contributed by atoms with Crippen LogP contribution in [0.25, 0.3) is 0 Å². The Morgan fingerprint density at radius 2 is 1.65 bits per heavy atom. The minimum atomic E-state index is -4.17. The van der Waals surface area contributed by atoms with Crippen LogP contribution in [-0.2, 0) is 14.8 Å². The first kappa shape index (κ1) is 18.4. The fourth-order valence-electron chi connectivity index (χ4n) is 1.85. The second-order valence-electron chi connectivity index (χ2n) is 4.42. The number of halogens is 4. The molecule has 0 aromatic heterocycles. The molecule has 0 aliphatic rings. The summed E-state index contributed by atoms with van der Waals surface area (Å²) in [5.74, 6) is 0. The van der Waals surface area contributed by atoms with E-state index in [0.717, 1.165) is 4.31 Å². The molecule has 2 aromatic carbocycles. The van der Waals surface area contributed by atoms with Gasteiger partial charge in [0.2, 0.25) is 5.24 Å². The molecule has 4 nitrogen and oxygen atoms in total. The summed E-state index contributed by atoms with van der Waals surface area (Å²) in [4.78, 5) is 11.1. The van der Waals surface area contributed by atoms with Gasteiger partial charge in [-0.15, -0.1) is 0 Å². The summed E-state index contributed by atoms with van der Waals surface area (Å²) in [6, 6.07) is 10.0. The maximum absolute atomic E-state index is 12.9. The van der Waals surface area contributed by atoms with Crippen molar-refractivity contribution in [3.05, 3.63) is 57.5 Å². The van der Waals surface area contributed by atoms with Gasteiger partial charge in [-0.1, -0.05) is 40.9 Å². The zero-order valence-corrected chi connectivity index (χ0v) is 15.2. The fraction of sp³-hybridized carbons (Fsp3) is 0.0714. The molecule has 0 unspecified atom stereocenters. The minimum Gasteiger partial charge on any atom is -0.279 e. The highest BCUT2D eigenvalue weighted by Gasteiger charge is 2.29. The Balaban J connectivity index is 2.62. The Labute approximate surface area is 153 Å². The third kappa shape index (κ3) is 4.31. The van der Waals surface area contributed by atoms with Crippen LogP contribution in [0, 0.1) is 0 Å². The molecule has 0 fully saturated rings. The van der Waals surface area contributed by atoms with Gasteiger partial charge in [-0.25, -0.2) is 8.42 Å². The predicted octanol–water partition coefficient (Wildman–Crippen LogP) is 4.61. The lowest BCUT2D eigenvalue weighted by molar-refractivity contribution is -0.110. The highest BCUT2D eigenvalue weighted by atomic mass is 35.5. The van der Waals surface area contributed by atoms with Gasteiger partial charge in [0.05, 0.1) is 10.7 Å². The van der Waals surface area contributed by atoms with E-state index in [0.29, 0.717) is 5.02 Å². The van der Waals surface area contributed by atoms with Gasteiger partial charge in [0, 0.05) is 10.0 Å². The van der Waals surface area contributed by atoms with E-state index in [1.807, 2.05) is 0 Å². The lowest BCUT2D eigenvalue weighted by Gasteiger charge is -2.23. The predicted molar refractivity (Wildman–Crippen MR) is 93.3 cm³/mol. The topological polar surface area (TPSA) is 54.5 Å². The molecular weight excluding hydrogens is 404 g/mol. The summed E-state index contributed by atoms with van der Waals surface area (Å²) < 4.78 is 26.6. The zero-order valence-electron chi connectivity index (χ0n) is 11.3. The molecule has 0 radical (unpaired) electrons. The third-order valence-electron chi connectivity index (χ3n) is 2.83. The number of hydrogen-bond acceptors (Lipinski definition) is 3. The van der Waals surface area contributed by atoms with Gasteiger partial charge in [-0.2, -0.15) is 0 Å². The van der Waals surface area contributed by atoms with Crippen molar-refractivity contribution in [3.8, 4) is 0 Å². The first-order chi connectivity index (χ1) is 10.7. The summed E-state index contributed by atoms with van der Waals surface area (Å²) >= 11 is 23.1. The van der Waals surface area contributed by atoms with Crippen molar-refractivity contribution in [2.45, 2.75) is 4.90 Å². The molecule has 0 N–H and O–H groups in total. The van der Waals surface area contributed by atoms with Crippen molar-refractivity contribution in [2.24, 2.45) is 0 Å². The number of rotatable bonds is 5. The van der Waals surface area contributed by atoms with Gasteiger partial charge >= 0.3 is 0 Å². The second-order valence-corrected chi connectivity index (χ2v) is 7.95. The molecule has 0 atom stereocenters. The number of sulfonamides is 1. The fourth-order valence-corrected chi connectivity index (χ4v) is 4.38. The highest BCUT2D eigenvalue weighted by Crippen LogP contribution is 2.31. The molecule has 0 aliphatic heterocycles. The van der Waals surface area contributed by atoms with E-state index in [9.17, 15) is 13.2 Å². The van der Waals surface area contributed by atoms with Crippen molar-refractivity contribution in [2.75, 3.05) is 10.8 Å². The lowest BCUT2D eigenvalue weighted by atomic mass is 10.3. The van der Waals surface area contributed by atoms with Crippen LogP contribution in [0.5, 0.6) is 0 Å². The average molecular weight is 413 g/mol. The summed E-state index contributed by atoms with van der Waals surface area (Å²) in [6.07, 6.45) is 0. The largest absolute Gasteiger partial charge is 0.279 e. The normalized spacial score (nSPS) is 11.3. The van der Waals surface area contributed by atoms with Crippen LogP contribution in [0.1, 0.15) is 0 Å². The summed E-state index contributed by atoms with van der Waals surface area (Å²) in [7, 11) is -4.17. The Morgan fingerprint density at radius 1 is 1.00 bits per heavy atom. The molecule has 9 heteroatoms. The summed E-state index contributed by atoms with van der Waals surface area (Å²) in [5, 5.41) is -0.381. The minimum absolute atomic E-state index is 0.0246. The Kier molecular flexibility index (Phi) is 5.81. The lowest BCUT2D eigenvalue weighted by Crippen LogP contribution is -2.34. The highest BCUT2D eigenvalue weighted by molar-refractivity contribution is 7.93. The number of anilines is 1. The summed E-state index contributed by atoms with van der Waals surface area (Å²) in [5.41, 5.74) is 0.183. The third-order valence-corrected chi connectivity index (χ3v) is 5.67. The standard InChI is InChI=1S/C14H9Cl4NO3S/c15-9-2-1-3-11(6-9)19(8-14(18)20)23(21,22)13-7-10(16)4-5-12(13)17/h1-7H,8H2. The zero-order chi connectivity index (χ0) is 17.2. The molecule has 0 bridgehead atoms. The van der Waals surface area contributed by atoms with E-state index in [2.05, 4.69) is 0 Å². The molecule has 0 saturated carbocycles. The van der Waals surface area contributed by atoms with Crippen LogP contribution < -0.4 is 4.31 Å². The van der Waals surface area contributed by atoms with Crippen molar-refractivity contribution < 1.29 is 13.2 Å². The maximum Gasteiger partial charge on any atom is 0.266 e. The van der Waals surface area contributed by atoms with Crippen LogP contribution in [-0.4, -0.2) is 20.2 Å². The maximum atomic E-state index is 12.9. The number of benzene rings is 2. The van der Waals surface area contributed by atoms with E-state index in [1.54, 1.807) is 12.1 Å². The van der Waals surface area contributed by atoms with E-state index in [1.165, 1.54) is 30.3 Å². The molecule has 0 heterocycles. The summed E-state index contributed by atoms with van der Waals surface area (Å²) in [6.45, 7) is -0.576. The molecule has 0 saturated heterocycles. The van der Waals surface area contributed by atoms with E-state index >= 15 is 0 Å². The molecule has 0 spiro atoms. The first-order valence-corrected chi connectivity index (χ1v) is 9.08. The molecule has 2 rings (SSSR count). The van der Waals surface area contributed by atoms with E-state index in [-0.39, 0.29) is 20.6 Å². The van der Waals surface area contributed by atoms with Gasteiger partial charge in [-0.05, 0) is 48.0 Å². The molecular formula is C14H9Cl4NO3S. The Bertz CT molecular complexity index is 855. The molecule has 2 aromatic rings. The van der Waals surface area contributed by atoms with Crippen LogP contribution >= 0.6 is 46.4 Å². The van der Waals surface area contributed by atoms with Gasteiger partial charge < -0.3 is 0 Å². The quantitative estimate of drug-likeness (QED) is 0.674. The second kappa shape index (κ2) is 7.28. The monoisotopic (exact) mass is 411 g/mol. The van der Waals surface area contributed by atoms with Crippen molar-refractivity contribution >= 4 is 67.4 Å². The van der Waals surface area contributed by atoms with Crippen molar-refractivity contribution in [1.29, 1.82) is 0 Å². The molecule has 0 aliphatic carbocycles. The SMILES string of the molecule is O=C(Cl)CN(c1cccc(Cl)c1)S(=O)(=O)c1cc(Cl)ccc1Cl. The first-order valence-electron chi connectivity index (χ1n) is 6.13. The van der Waals surface area contributed by atoms with Gasteiger partial charge in [-0.3, -0.25) is 9.10 Å².